The molecule has 19 nitrogen and oxygen atoms in total. The lowest BCUT2D eigenvalue weighted by Crippen LogP contribution is -2.62. The van der Waals surface area contributed by atoms with Crippen molar-refractivity contribution >= 4 is 17.7 Å². The van der Waals surface area contributed by atoms with Crippen molar-refractivity contribution in [2.24, 2.45) is 46.3 Å². The van der Waals surface area contributed by atoms with Crippen LogP contribution in [-0.2, 0) is 14.4 Å². The number of amides is 3. The summed E-state index contributed by atoms with van der Waals surface area (Å²) < 4.78 is 0. The fourth-order valence-corrected chi connectivity index (χ4v) is 11.7. The minimum Gasteiger partial charge on any atom is -0.394 e. The number of rotatable bonds is 22. The van der Waals surface area contributed by atoms with Crippen molar-refractivity contribution < 1.29 is 80.8 Å². The number of carbonyl (C=O) groups is 3. The molecular formula is C42H75N3O16. The normalized spacial score (nSPS) is 35.5. The van der Waals surface area contributed by atoms with Gasteiger partial charge in [-0.15, -0.1) is 0 Å². The maximum Gasteiger partial charge on any atom is 0.251 e. The molecule has 4 rings (SSSR count). The van der Waals surface area contributed by atoms with E-state index in [1.807, 2.05) is 0 Å². The van der Waals surface area contributed by atoms with E-state index >= 15 is 0 Å². The lowest BCUT2D eigenvalue weighted by atomic mass is 9.43. The van der Waals surface area contributed by atoms with E-state index in [1.165, 1.54) is 4.90 Å². The van der Waals surface area contributed by atoms with Crippen LogP contribution in [0, 0.1) is 46.3 Å². The predicted molar refractivity (Wildman–Crippen MR) is 216 cm³/mol. The van der Waals surface area contributed by atoms with Crippen LogP contribution in [0.3, 0.4) is 0 Å². The molecule has 4 aliphatic carbocycles. The molecule has 61 heavy (non-hydrogen) atoms. The van der Waals surface area contributed by atoms with Crippen molar-refractivity contribution in [1.82, 2.24) is 15.5 Å². The van der Waals surface area contributed by atoms with E-state index in [-0.39, 0.29) is 98.4 Å². The molecule has 19 heteroatoms. The quantitative estimate of drug-likeness (QED) is 0.0462. The topological polar surface area (TPSA) is 342 Å². The molecule has 0 saturated heterocycles. The second kappa shape index (κ2) is 22.2. The first-order valence-electron chi connectivity index (χ1n) is 22.2. The molecule has 4 fully saturated rings. The number of nitrogens with zero attached hydrogens (tertiary/aromatic N) is 1. The van der Waals surface area contributed by atoms with Gasteiger partial charge in [-0.25, -0.2) is 0 Å². The average Bonchev–Trinajstić information content (AvgIpc) is 3.61. The molecule has 15 N–H and O–H groups in total. The van der Waals surface area contributed by atoms with Gasteiger partial charge in [-0.1, -0.05) is 20.8 Å². The van der Waals surface area contributed by atoms with Crippen molar-refractivity contribution in [3.05, 3.63) is 0 Å². The minimum absolute atomic E-state index is 0.0275. The first-order valence-corrected chi connectivity index (χ1v) is 22.2. The first kappa shape index (κ1) is 51.5. The van der Waals surface area contributed by atoms with Crippen LogP contribution in [0.4, 0.5) is 0 Å². The van der Waals surface area contributed by atoms with Crippen LogP contribution < -0.4 is 10.6 Å². The van der Waals surface area contributed by atoms with E-state index in [4.69, 9.17) is 10.2 Å². The smallest absolute Gasteiger partial charge is 0.251 e. The summed E-state index contributed by atoms with van der Waals surface area (Å²) in [6.07, 6.45) is -11.3. The van der Waals surface area contributed by atoms with Gasteiger partial charge in [0.25, 0.3) is 11.8 Å². The van der Waals surface area contributed by atoms with Gasteiger partial charge in [0.05, 0.1) is 31.5 Å². The highest BCUT2D eigenvalue weighted by molar-refractivity contribution is 5.81. The van der Waals surface area contributed by atoms with Crippen LogP contribution in [-0.4, -0.2) is 196 Å². The lowest BCUT2D eigenvalue weighted by Gasteiger charge is -2.63. The Kier molecular flexibility index (Phi) is 18.7. The number of carbonyl (C=O) groups excluding carboxylic acids is 3. The van der Waals surface area contributed by atoms with Crippen LogP contribution in [0.2, 0.25) is 0 Å². The highest BCUT2D eigenvalue weighted by Gasteiger charge is 2.65. The Balaban J connectivity index is 1.37. The van der Waals surface area contributed by atoms with Crippen LogP contribution >= 0.6 is 0 Å². The maximum atomic E-state index is 13.9. The molecule has 0 heterocycles. The van der Waals surface area contributed by atoms with Gasteiger partial charge in [0.15, 0.2) is 12.2 Å². The lowest BCUT2D eigenvalue weighted by molar-refractivity contribution is -0.207. The second-order valence-electron chi connectivity index (χ2n) is 19.1. The van der Waals surface area contributed by atoms with Gasteiger partial charge in [-0.05, 0) is 111 Å². The van der Waals surface area contributed by atoms with Crippen LogP contribution in [0.25, 0.3) is 0 Å². The molecule has 0 aromatic heterocycles. The molecule has 4 aliphatic rings. The van der Waals surface area contributed by atoms with Crippen molar-refractivity contribution in [1.29, 1.82) is 0 Å². The van der Waals surface area contributed by atoms with Crippen molar-refractivity contribution in [3.63, 3.8) is 0 Å². The monoisotopic (exact) mass is 878 g/mol. The summed E-state index contributed by atoms with van der Waals surface area (Å²) in [5, 5.41) is 136. The van der Waals surface area contributed by atoms with Crippen LogP contribution in [0.1, 0.15) is 91.4 Å². The SMILES string of the molecule is C[C@H](CCC(=O)N(CCCNC(=O)[C@H](O)[C@@H](O)[C@H](O)[C@H](O)CO)CCCNC(=O)[C@H](O)[C@@H](O)[C@H](O)[C@H](O)CO)[C@H]1CCC2C3C(C[C@H](O)[C@@]21C)[C@@]1(C)CC[C@@H](O)C[C@H]1C[C@H]3O. The van der Waals surface area contributed by atoms with E-state index in [2.05, 4.69) is 31.4 Å². The van der Waals surface area contributed by atoms with Gasteiger partial charge >= 0.3 is 0 Å². The number of fused-ring (bicyclic) bond motifs is 5. The van der Waals surface area contributed by atoms with E-state index in [9.17, 15) is 70.6 Å². The number of aliphatic hydroxyl groups excluding tert-OH is 13. The molecule has 19 atom stereocenters. The number of aliphatic hydroxyl groups is 13. The van der Waals surface area contributed by atoms with E-state index < -0.39 is 91.5 Å². The van der Waals surface area contributed by atoms with E-state index in [0.29, 0.717) is 25.7 Å². The number of nitrogens with one attached hydrogen (secondary N) is 2. The summed E-state index contributed by atoms with van der Waals surface area (Å²) >= 11 is 0. The van der Waals surface area contributed by atoms with Crippen LogP contribution in [0.5, 0.6) is 0 Å². The summed E-state index contributed by atoms with van der Waals surface area (Å²) in [5.74, 6) is -1.73. The van der Waals surface area contributed by atoms with E-state index in [1.54, 1.807) is 0 Å². The number of hydrogen-bond acceptors (Lipinski definition) is 16. The molecule has 0 aromatic carbocycles. The Labute approximate surface area is 357 Å². The Hall–Kier alpha value is -2.11. The molecule has 3 amide bonds. The molecular weight excluding hydrogens is 802 g/mol. The zero-order valence-corrected chi connectivity index (χ0v) is 35.8. The highest BCUT2D eigenvalue weighted by atomic mass is 16.4. The molecule has 354 valence electrons. The van der Waals surface area contributed by atoms with Crippen molar-refractivity contribution in [3.8, 4) is 0 Å². The Bertz CT molecular complexity index is 1380. The Morgan fingerprint density at radius 3 is 1.74 bits per heavy atom. The molecule has 0 spiro atoms. The third kappa shape index (κ3) is 11.4. The van der Waals surface area contributed by atoms with Gasteiger partial charge in [0.2, 0.25) is 5.91 Å². The summed E-state index contributed by atoms with van der Waals surface area (Å²) in [4.78, 5) is 40.3. The molecule has 0 aromatic rings. The summed E-state index contributed by atoms with van der Waals surface area (Å²) in [5.41, 5.74) is -0.524. The third-order valence-corrected chi connectivity index (χ3v) is 15.5. The standard InChI is InChI=1S/C42H75N3O16/c1-21(24-7-8-25-32-26(18-30(52)42(24,25)3)41(2)11-10-23(48)16-22(41)17-27(32)49)6-9-31(53)45(14-4-12-43-39(60)37(58)35(56)33(54)28(50)19-46)15-5-13-44-40(61)38(59)36(57)34(55)29(51)20-47/h21-30,32-38,46-52,54-59H,4-20H2,1-3H3,(H,43,60)(H,44,61)/t21-,22+,23-,24-,25?,26?,27-,28-,29-,30+,32?,33-,34-,35+,36+,37-,38-,41+,42-/m1/s1. The fourth-order valence-electron chi connectivity index (χ4n) is 11.7. The predicted octanol–water partition coefficient (Wildman–Crippen LogP) is -3.92. The third-order valence-electron chi connectivity index (χ3n) is 15.5. The zero-order valence-electron chi connectivity index (χ0n) is 35.8. The molecule has 3 unspecified atom stereocenters. The van der Waals surface area contributed by atoms with Crippen molar-refractivity contribution in [2.45, 2.75) is 159 Å². The van der Waals surface area contributed by atoms with Crippen LogP contribution in [0.15, 0.2) is 0 Å². The summed E-state index contributed by atoms with van der Waals surface area (Å²) in [7, 11) is 0. The number of hydrogen-bond donors (Lipinski definition) is 15. The summed E-state index contributed by atoms with van der Waals surface area (Å²) in [6.45, 7) is 4.76. The zero-order chi connectivity index (χ0) is 45.6. The van der Waals surface area contributed by atoms with E-state index in [0.717, 1.165) is 25.7 Å². The van der Waals surface area contributed by atoms with Gasteiger partial charge in [0.1, 0.15) is 36.6 Å². The minimum atomic E-state index is -2.13. The maximum absolute atomic E-state index is 13.9. The van der Waals surface area contributed by atoms with Gasteiger partial charge < -0.3 is 81.9 Å². The second-order valence-corrected chi connectivity index (χ2v) is 19.1. The molecule has 0 radical (unpaired) electrons. The Morgan fingerprint density at radius 1 is 0.705 bits per heavy atom. The van der Waals surface area contributed by atoms with Gasteiger partial charge in [-0.3, -0.25) is 14.4 Å². The fraction of sp³-hybridized carbons (Fsp3) is 0.929. The summed E-state index contributed by atoms with van der Waals surface area (Å²) in [6, 6.07) is 0. The highest BCUT2D eigenvalue weighted by Crippen LogP contribution is 2.68. The molecule has 0 aliphatic heterocycles. The van der Waals surface area contributed by atoms with Gasteiger partial charge in [-0.2, -0.15) is 0 Å². The Morgan fingerprint density at radius 2 is 1.23 bits per heavy atom. The first-order chi connectivity index (χ1) is 28.6. The average molecular weight is 878 g/mol. The molecule has 0 bridgehead atoms. The molecule has 4 saturated carbocycles. The van der Waals surface area contributed by atoms with Crippen molar-refractivity contribution in [2.75, 3.05) is 39.4 Å². The largest absolute Gasteiger partial charge is 0.394 e. The van der Waals surface area contributed by atoms with Gasteiger partial charge in [0, 0.05) is 32.6 Å².